The number of nitro groups is 1. The maximum Gasteiger partial charge on any atom is 0.325 e. The monoisotopic (exact) mass is 542 g/mol. The lowest BCUT2D eigenvalue weighted by Crippen LogP contribution is -2.41. The molecule has 206 valence electrons. The molecule has 1 unspecified atom stereocenters. The van der Waals surface area contributed by atoms with Crippen LogP contribution in [0.4, 0.5) is 11.5 Å². The van der Waals surface area contributed by atoms with Crippen molar-refractivity contribution in [3.8, 4) is 0 Å². The van der Waals surface area contributed by atoms with Gasteiger partial charge in [0.2, 0.25) is 0 Å². The fourth-order valence-corrected chi connectivity index (χ4v) is 4.31. The number of aliphatic hydroxyl groups is 2. The molecule has 16 nitrogen and oxygen atoms in total. The molecule has 5 rings (SSSR count). The molecular formula is C23H26N8O8. The molecular weight excluding hydrogens is 516 g/mol. The highest BCUT2D eigenvalue weighted by atomic mass is 16.6. The van der Waals surface area contributed by atoms with Crippen LogP contribution in [0, 0.1) is 10.1 Å². The summed E-state index contributed by atoms with van der Waals surface area (Å²) in [6.07, 6.45) is 0.556. The van der Waals surface area contributed by atoms with Crippen LogP contribution in [0.25, 0.3) is 0 Å². The number of ether oxygens (including phenoxy) is 2. The second kappa shape index (κ2) is 11.2. The number of imidazole rings is 1. The number of nitrogens with one attached hydrogen (secondary N) is 4. The standard InChI is InChI=1S/C23H26N8O8/c32-10-16-15(33)7-17(39-16)30-11-26-18-19(30)27-22(24-8-13-9-25-23(35)28-20(13)34)29-21(18)38-6-5-12-1-3-14(4-2-12)31(36)37/h1-4,9,11,15-17,21,32-33H,5-8,10H2,(H2,24,27,29)(H2,25,28,34,35)/t15-,16+,17+,21?/m0/s1. The second-order valence-electron chi connectivity index (χ2n) is 8.96. The third-order valence-electron chi connectivity index (χ3n) is 6.40. The number of aliphatic imine (C=N–C) groups is 1. The number of nitro benzene ring substituents is 1. The van der Waals surface area contributed by atoms with Crippen molar-refractivity contribution in [3.63, 3.8) is 0 Å². The van der Waals surface area contributed by atoms with Crippen molar-refractivity contribution >= 4 is 17.5 Å². The molecule has 1 saturated heterocycles. The SMILES string of the molecule is O=c1[nH]cc(CN=C2Nc3c(ncn3[C@H]3C[C@H](O)[C@@H](CO)O3)C(OCCc3ccc([N+](=O)[O-])cc3)N2)c(=O)[nH]1. The molecule has 2 aliphatic rings. The number of aromatic amines is 2. The summed E-state index contributed by atoms with van der Waals surface area (Å²) in [7, 11) is 0. The summed E-state index contributed by atoms with van der Waals surface area (Å²) in [5.41, 5.74) is 0.373. The number of H-pyrrole nitrogens is 2. The molecule has 0 aliphatic carbocycles. The summed E-state index contributed by atoms with van der Waals surface area (Å²) in [6, 6.07) is 6.17. The molecule has 2 aromatic heterocycles. The maximum absolute atomic E-state index is 12.1. The van der Waals surface area contributed by atoms with Crippen LogP contribution < -0.4 is 21.9 Å². The van der Waals surface area contributed by atoms with Crippen molar-refractivity contribution in [2.45, 2.75) is 44.1 Å². The van der Waals surface area contributed by atoms with Crippen LogP contribution in [0.5, 0.6) is 0 Å². The zero-order valence-electron chi connectivity index (χ0n) is 20.4. The van der Waals surface area contributed by atoms with E-state index >= 15 is 0 Å². The van der Waals surface area contributed by atoms with Crippen molar-refractivity contribution < 1.29 is 24.6 Å². The summed E-state index contributed by atoms with van der Waals surface area (Å²) in [4.78, 5) is 47.2. The van der Waals surface area contributed by atoms with Crippen LogP contribution in [-0.4, -0.2) is 66.0 Å². The quantitative estimate of drug-likeness (QED) is 0.151. The van der Waals surface area contributed by atoms with Gasteiger partial charge >= 0.3 is 5.69 Å². The maximum atomic E-state index is 12.1. The van der Waals surface area contributed by atoms with E-state index in [2.05, 4.69) is 30.6 Å². The minimum Gasteiger partial charge on any atom is -0.394 e. The molecule has 0 amide bonds. The number of anilines is 1. The Hall–Kier alpha value is -4.38. The summed E-state index contributed by atoms with van der Waals surface area (Å²) in [6.45, 7) is -0.163. The van der Waals surface area contributed by atoms with Crippen molar-refractivity contribution in [2.75, 3.05) is 18.5 Å². The van der Waals surface area contributed by atoms with Crippen LogP contribution in [-0.2, 0) is 22.4 Å². The Morgan fingerprint density at radius 3 is 2.77 bits per heavy atom. The van der Waals surface area contributed by atoms with Crippen LogP contribution >= 0.6 is 0 Å². The Bertz CT molecular complexity index is 1480. The molecule has 0 saturated carbocycles. The average Bonchev–Trinajstić information content (AvgIpc) is 3.51. The molecule has 3 aromatic rings. The van der Waals surface area contributed by atoms with Gasteiger partial charge in [0.1, 0.15) is 23.8 Å². The number of non-ortho nitro benzene ring substituents is 1. The lowest BCUT2D eigenvalue weighted by atomic mass is 10.1. The number of aromatic nitrogens is 4. The predicted molar refractivity (Wildman–Crippen MR) is 135 cm³/mol. The van der Waals surface area contributed by atoms with Crippen molar-refractivity contribution in [1.29, 1.82) is 0 Å². The number of nitrogens with zero attached hydrogens (tertiary/aromatic N) is 4. The smallest absolute Gasteiger partial charge is 0.325 e. The highest BCUT2D eigenvalue weighted by molar-refractivity contribution is 5.95. The van der Waals surface area contributed by atoms with Gasteiger partial charge in [-0.25, -0.2) is 14.8 Å². The van der Waals surface area contributed by atoms with E-state index in [-0.39, 0.29) is 43.4 Å². The van der Waals surface area contributed by atoms with E-state index in [0.717, 1.165) is 5.56 Å². The number of hydrogen-bond acceptors (Lipinski definition) is 10. The van der Waals surface area contributed by atoms with E-state index in [4.69, 9.17) is 9.47 Å². The first-order valence-corrected chi connectivity index (χ1v) is 12.1. The van der Waals surface area contributed by atoms with Crippen molar-refractivity contribution in [1.82, 2.24) is 24.8 Å². The minimum absolute atomic E-state index is 0.000240. The average molecular weight is 543 g/mol. The molecule has 2 aliphatic heterocycles. The van der Waals surface area contributed by atoms with Crippen LogP contribution in [0.3, 0.4) is 0 Å². The molecule has 16 heteroatoms. The summed E-state index contributed by atoms with van der Waals surface area (Å²) < 4.78 is 13.5. The Balaban J connectivity index is 1.36. The van der Waals surface area contributed by atoms with Gasteiger partial charge in [-0.05, 0) is 12.0 Å². The normalized spacial score (nSPS) is 23.3. The number of aliphatic hydroxyl groups excluding tert-OH is 2. The van der Waals surface area contributed by atoms with Crippen LogP contribution in [0.1, 0.15) is 35.7 Å². The minimum atomic E-state index is -0.853. The van der Waals surface area contributed by atoms with Crippen LogP contribution in [0.2, 0.25) is 0 Å². The fraction of sp³-hybridized carbons (Fsp3) is 0.391. The van der Waals surface area contributed by atoms with E-state index in [9.17, 15) is 29.9 Å². The highest BCUT2D eigenvalue weighted by Gasteiger charge is 2.38. The van der Waals surface area contributed by atoms with Crippen molar-refractivity contribution in [2.24, 2.45) is 4.99 Å². The Kier molecular flexibility index (Phi) is 7.51. The molecule has 1 aromatic carbocycles. The molecule has 4 heterocycles. The Morgan fingerprint density at radius 1 is 1.28 bits per heavy atom. The molecule has 39 heavy (non-hydrogen) atoms. The van der Waals surface area contributed by atoms with Gasteiger partial charge < -0.3 is 35.3 Å². The van der Waals surface area contributed by atoms with Crippen LogP contribution in [0.15, 0.2) is 51.4 Å². The molecule has 0 spiro atoms. The van der Waals surface area contributed by atoms with E-state index in [1.54, 1.807) is 16.7 Å². The van der Waals surface area contributed by atoms with Gasteiger partial charge in [-0.1, -0.05) is 12.1 Å². The third-order valence-corrected chi connectivity index (χ3v) is 6.40. The zero-order valence-corrected chi connectivity index (χ0v) is 20.4. The van der Waals surface area contributed by atoms with Gasteiger partial charge in [-0.15, -0.1) is 0 Å². The van der Waals surface area contributed by atoms with Gasteiger partial charge in [0.15, 0.2) is 12.2 Å². The molecule has 1 fully saturated rings. The predicted octanol–water partition coefficient (Wildman–Crippen LogP) is -0.362. The number of hydrogen-bond donors (Lipinski definition) is 6. The first kappa shape index (κ1) is 26.2. The summed E-state index contributed by atoms with van der Waals surface area (Å²) in [5, 5.41) is 36.8. The molecule has 0 bridgehead atoms. The molecule has 6 N–H and O–H groups in total. The highest BCUT2D eigenvalue weighted by Crippen LogP contribution is 2.35. The van der Waals surface area contributed by atoms with E-state index < -0.39 is 40.8 Å². The first-order chi connectivity index (χ1) is 18.8. The lowest BCUT2D eigenvalue weighted by Gasteiger charge is -2.28. The van der Waals surface area contributed by atoms with E-state index in [1.807, 2.05) is 0 Å². The third kappa shape index (κ3) is 5.73. The summed E-state index contributed by atoms with van der Waals surface area (Å²) in [5.74, 6) is 0.742. The molecule has 4 atom stereocenters. The van der Waals surface area contributed by atoms with Gasteiger partial charge in [-0.3, -0.25) is 24.5 Å². The Morgan fingerprint density at radius 2 is 2.08 bits per heavy atom. The number of guanidine groups is 1. The van der Waals surface area contributed by atoms with Crippen molar-refractivity contribution in [3.05, 3.63) is 84.6 Å². The fourth-order valence-electron chi connectivity index (χ4n) is 4.31. The summed E-state index contributed by atoms with van der Waals surface area (Å²) >= 11 is 0. The zero-order chi connectivity index (χ0) is 27.5. The number of fused-ring (bicyclic) bond motifs is 1. The lowest BCUT2D eigenvalue weighted by molar-refractivity contribution is -0.384. The van der Waals surface area contributed by atoms with Gasteiger partial charge in [0, 0.05) is 24.8 Å². The number of rotatable bonds is 9. The van der Waals surface area contributed by atoms with E-state index in [1.165, 1.54) is 24.7 Å². The number of benzene rings is 1. The van der Waals surface area contributed by atoms with Gasteiger partial charge in [0.05, 0.1) is 42.7 Å². The molecule has 0 radical (unpaired) electrons. The topological polar surface area (TPSA) is 222 Å². The van der Waals surface area contributed by atoms with Gasteiger partial charge in [0.25, 0.3) is 11.2 Å². The van der Waals surface area contributed by atoms with E-state index in [0.29, 0.717) is 17.9 Å². The Labute approximate surface area is 219 Å². The first-order valence-electron chi connectivity index (χ1n) is 12.1. The largest absolute Gasteiger partial charge is 0.394 e. The van der Waals surface area contributed by atoms with Gasteiger partial charge in [-0.2, -0.15) is 0 Å². The second-order valence-corrected chi connectivity index (χ2v) is 8.96.